The molecule has 6 heteroatoms. The number of nitriles is 1. The lowest BCUT2D eigenvalue weighted by atomic mass is 9.92. The van der Waals surface area contributed by atoms with E-state index < -0.39 is 0 Å². The smallest absolute Gasteiger partial charge is 0.121 e. The average molecular weight is 465 g/mol. The fourth-order valence-corrected chi connectivity index (χ4v) is 5.09. The van der Waals surface area contributed by atoms with Gasteiger partial charge in [0.2, 0.25) is 0 Å². The van der Waals surface area contributed by atoms with Crippen LogP contribution in [0.4, 0.5) is 11.4 Å². The number of fused-ring (bicyclic) bond motifs is 1. The number of nitrogens with one attached hydrogen (secondary N) is 1. The quantitative estimate of drug-likeness (QED) is 0.348. The molecule has 0 unspecified atom stereocenters. The lowest BCUT2D eigenvalue weighted by Gasteiger charge is -2.30. The Morgan fingerprint density at radius 3 is 2.51 bits per heavy atom. The van der Waals surface area contributed by atoms with Crippen LogP contribution in [0.5, 0.6) is 5.75 Å². The molecule has 0 radical (unpaired) electrons. The molecule has 2 aromatic carbocycles. The Balaban J connectivity index is 1.39. The van der Waals surface area contributed by atoms with E-state index in [4.69, 9.17) is 9.47 Å². The third-order valence-corrected chi connectivity index (χ3v) is 7.11. The maximum atomic E-state index is 10.2. The molecule has 4 aromatic rings. The van der Waals surface area contributed by atoms with E-state index in [0.29, 0.717) is 6.04 Å². The number of aromatic nitrogens is 2. The second-order valence-electron chi connectivity index (χ2n) is 9.34. The van der Waals surface area contributed by atoms with Crippen LogP contribution in [0.1, 0.15) is 43.7 Å². The molecule has 2 aromatic heterocycles. The molecule has 1 aliphatic carbocycles. The standard InChI is InChI=1S/C29H28N4O2/c30-18-27-26-11-10-25(35-24-12-15-34-16-13-24)17-28(26)33(23-4-1-5-23)29(27)20-6-8-21(9-7-20)32-22-3-2-14-31-19-22/h2-3,6-11,14,17,19,23-24,32H,1,4-5,12-13,15-16H2. The van der Waals surface area contributed by atoms with Gasteiger partial charge in [0.15, 0.2) is 0 Å². The zero-order valence-electron chi connectivity index (χ0n) is 19.6. The van der Waals surface area contributed by atoms with Crippen LogP contribution in [-0.4, -0.2) is 28.9 Å². The molecule has 6 nitrogen and oxygen atoms in total. The number of nitrogens with zero attached hydrogens (tertiary/aromatic N) is 3. The minimum Gasteiger partial charge on any atom is -0.490 e. The largest absolute Gasteiger partial charge is 0.490 e. The van der Waals surface area contributed by atoms with Crippen LogP contribution in [0.15, 0.2) is 67.0 Å². The van der Waals surface area contributed by atoms with Crippen molar-refractivity contribution in [3.63, 3.8) is 0 Å². The van der Waals surface area contributed by atoms with Gasteiger partial charge in [-0.15, -0.1) is 0 Å². The van der Waals surface area contributed by atoms with E-state index in [1.165, 1.54) is 6.42 Å². The molecular weight excluding hydrogens is 436 g/mol. The molecule has 0 spiro atoms. The van der Waals surface area contributed by atoms with Crippen molar-refractivity contribution in [1.82, 2.24) is 9.55 Å². The maximum absolute atomic E-state index is 10.2. The van der Waals surface area contributed by atoms with E-state index in [1.807, 2.05) is 18.2 Å². The highest BCUT2D eigenvalue weighted by Crippen LogP contribution is 2.43. The molecule has 176 valence electrons. The number of benzene rings is 2. The lowest BCUT2D eigenvalue weighted by Crippen LogP contribution is -2.25. The lowest BCUT2D eigenvalue weighted by molar-refractivity contribution is 0.0256. The summed E-state index contributed by atoms with van der Waals surface area (Å²) in [7, 11) is 0. The van der Waals surface area contributed by atoms with Crippen LogP contribution in [0.25, 0.3) is 22.2 Å². The molecule has 6 rings (SSSR count). The minimum atomic E-state index is 0.183. The molecule has 0 amide bonds. The highest BCUT2D eigenvalue weighted by atomic mass is 16.5. The number of pyridine rings is 1. The molecule has 0 atom stereocenters. The molecule has 35 heavy (non-hydrogen) atoms. The predicted molar refractivity (Wildman–Crippen MR) is 137 cm³/mol. The van der Waals surface area contributed by atoms with Gasteiger partial charge in [-0.05, 0) is 61.2 Å². The highest BCUT2D eigenvalue weighted by Gasteiger charge is 2.28. The first-order valence-corrected chi connectivity index (χ1v) is 12.4. The Morgan fingerprint density at radius 2 is 1.83 bits per heavy atom. The monoisotopic (exact) mass is 464 g/mol. The van der Waals surface area contributed by atoms with Crippen molar-refractivity contribution in [1.29, 1.82) is 5.26 Å². The summed E-state index contributed by atoms with van der Waals surface area (Å²) in [5.74, 6) is 0.870. The fourth-order valence-electron chi connectivity index (χ4n) is 5.09. The second kappa shape index (κ2) is 9.44. The zero-order chi connectivity index (χ0) is 23.6. The van der Waals surface area contributed by atoms with E-state index >= 15 is 0 Å². The summed E-state index contributed by atoms with van der Waals surface area (Å²) in [5.41, 5.74) is 5.80. The van der Waals surface area contributed by atoms with Crippen molar-refractivity contribution in [2.75, 3.05) is 18.5 Å². The minimum absolute atomic E-state index is 0.183. The van der Waals surface area contributed by atoms with E-state index in [1.54, 1.807) is 12.4 Å². The Kier molecular flexibility index (Phi) is 5.85. The van der Waals surface area contributed by atoms with Crippen molar-refractivity contribution in [3.05, 3.63) is 72.6 Å². The molecule has 1 saturated carbocycles. The number of rotatable bonds is 6. The number of ether oxygens (including phenoxy) is 2. The first-order valence-electron chi connectivity index (χ1n) is 12.4. The molecule has 2 fully saturated rings. The van der Waals surface area contributed by atoms with Gasteiger partial charge in [0.25, 0.3) is 0 Å². The molecular formula is C29H28N4O2. The normalized spacial score (nSPS) is 16.5. The number of hydrogen-bond donors (Lipinski definition) is 1. The van der Waals surface area contributed by atoms with E-state index in [9.17, 15) is 5.26 Å². The summed E-state index contributed by atoms with van der Waals surface area (Å²) in [6, 6.07) is 21.3. The average Bonchev–Trinajstić information content (AvgIpc) is 3.18. The van der Waals surface area contributed by atoms with Crippen LogP contribution >= 0.6 is 0 Å². The van der Waals surface area contributed by atoms with Crippen LogP contribution < -0.4 is 10.1 Å². The Hall–Kier alpha value is -3.82. The molecule has 1 saturated heterocycles. The van der Waals surface area contributed by atoms with Crippen molar-refractivity contribution >= 4 is 22.3 Å². The van der Waals surface area contributed by atoms with Crippen LogP contribution in [-0.2, 0) is 4.74 Å². The van der Waals surface area contributed by atoms with Crippen molar-refractivity contribution < 1.29 is 9.47 Å². The highest BCUT2D eigenvalue weighted by molar-refractivity contribution is 5.95. The summed E-state index contributed by atoms with van der Waals surface area (Å²) in [6.45, 7) is 1.50. The van der Waals surface area contributed by atoms with Gasteiger partial charge in [-0.1, -0.05) is 12.1 Å². The predicted octanol–water partition coefficient (Wildman–Crippen LogP) is 6.60. The van der Waals surface area contributed by atoms with Gasteiger partial charge in [0, 0.05) is 42.2 Å². The third kappa shape index (κ3) is 4.24. The van der Waals surface area contributed by atoms with Gasteiger partial charge >= 0.3 is 0 Å². The van der Waals surface area contributed by atoms with E-state index in [-0.39, 0.29) is 6.10 Å². The van der Waals surface area contributed by atoms with Gasteiger partial charge in [-0.2, -0.15) is 5.26 Å². The maximum Gasteiger partial charge on any atom is 0.121 e. The first-order chi connectivity index (χ1) is 17.3. The molecule has 3 heterocycles. The third-order valence-electron chi connectivity index (χ3n) is 7.11. The Bertz CT molecular complexity index is 1360. The van der Waals surface area contributed by atoms with Gasteiger partial charge in [-0.3, -0.25) is 4.98 Å². The van der Waals surface area contributed by atoms with Crippen molar-refractivity contribution in [2.24, 2.45) is 0 Å². The fraction of sp³-hybridized carbons (Fsp3) is 0.310. The topological polar surface area (TPSA) is 72.1 Å². The summed E-state index contributed by atoms with van der Waals surface area (Å²) >= 11 is 0. The summed E-state index contributed by atoms with van der Waals surface area (Å²) in [4.78, 5) is 4.17. The van der Waals surface area contributed by atoms with Gasteiger partial charge in [0.05, 0.1) is 41.9 Å². The Labute approximate surface area is 205 Å². The molecule has 1 aliphatic heterocycles. The summed E-state index contributed by atoms with van der Waals surface area (Å²) in [5, 5.41) is 14.6. The van der Waals surface area contributed by atoms with E-state index in [0.717, 1.165) is 83.7 Å². The molecule has 1 N–H and O–H groups in total. The van der Waals surface area contributed by atoms with E-state index in [2.05, 4.69) is 57.3 Å². The van der Waals surface area contributed by atoms with Gasteiger partial charge < -0.3 is 19.4 Å². The van der Waals surface area contributed by atoms with Crippen molar-refractivity contribution in [2.45, 2.75) is 44.2 Å². The van der Waals surface area contributed by atoms with Crippen LogP contribution in [0, 0.1) is 11.3 Å². The summed E-state index contributed by atoms with van der Waals surface area (Å²) < 4.78 is 14.2. The van der Waals surface area contributed by atoms with Crippen LogP contribution in [0.3, 0.4) is 0 Å². The number of anilines is 2. The van der Waals surface area contributed by atoms with Crippen molar-refractivity contribution in [3.8, 4) is 23.1 Å². The second-order valence-corrected chi connectivity index (χ2v) is 9.34. The zero-order valence-corrected chi connectivity index (χ0v) is 19.6. The molecule has 0 bridgehead atoms. The van der Waals surface area contributed by atoms with Gasteiger partial charge in [-0.25, -0.2) is 0 Å². The Morgan fingerprint density at radius 1 is 1.00 bits per heavy atom. The first kappa shape index (κ1) is 21.7. The van der Waals surface area contributed by atoms with Crippen LogP contribution in [0.2, 0.25) is 0 Å². The molecule has 2 aliphatic rings. The number of hydrogen-bond acceptors (Lipinski definition) is 5. The van der Waals surface area contributed by atoms with Gasteiger partial charge in [0.1, 0.15) is 17.9 Å². The SMILES string of the molecule is N#Cc1c(-c2ccc(Nc3cccnc3)cc2)n(C2CCC2)c2cc(OC3CCOCC3)ccc12. The summed E-state index contributed by atoms with van der Waals surface area (Å²) in [6.07, 6.45) is 9.06.